The van der Waals surface area contributed by atoms with Crippen LogP contribution in [0.15, 0.2) is 66.9 Å². The second kappa shape index (κ2) is 7.53. The number of aromatic nitrogens is 3. The number of pyridine rings is 1. The Bertz CT molecular complexity index is 1270. The third-order valence-corrected chi connectivity index (χ3v) is 6.67. The summed E-state index contributed by atoms with van der Waals surface area (Å²) in [5.74, 6) is 1.86. The van der Waals surface area contributed by atoms with Gasteiger partial charge in [-0.1, -0.05) is 30.3 Å². The Morgan fingerprint density at radius 1 is 1.12 bits per heavy atom. The van der Waals surface area contributed by atoms with Gasteiger partial charge in [0.2, 0.25) is 0 Å². The molecule has 0 radical (unpaired) electrons. The van der Waals surface area contributed by atoms with Crippen molar-refractivity contribution in [2.45, 2.75) is 31.5 Å². The highest BCUT2D eigenvalue weighted by Crippen LogP contribution is 2.36. The van der Waals surface area contributed by atoms with Crippen molar-refractivity contribution >= 4 is 28.2 Å². The summed E-state index contributed by atoms with van der Waals surface area (Å²) in [4.78, 5) is 7.00. The first-order valence-electron chi connectivity index (χ1n) is 11.2. The molecule has 6 rings (SSSR count). The number of piperazine rings is 1. The monoisotopic (exact) mass is 425 g/mol. The molecule has 162 valence electrons. The maximum Gasteiger partial charge on any atom is 0.159 e. The number of hydrogen-bond acceptors (Lipinski definition) is 6. The molecule has 0 amide bonds. The molecular weight excluding hydrogens is 398 g/mol. The molecular formula is C25H27N7. The second-order valence-electron chi connectivity index (χ2n) is 8.84. The van der Waals surface area contributed by atoms with E-state index in [1.54, 1.807) is 0 Å². The number of anilines is 3. The lowest BCUT2D eigenvalue weighted by atomic mass is 10.1. The van der Waals surface area contributed by atoms with Crippen molar-refractivity contribution in [3.63, 3.8) is 0 Å². The SMILES string of the molecule is C[C@H](Nc1cc(-n2nc(N3C[C@@H]4C[C@H]3CN4)c3ccc(N)cc32)ccn1)c1ccccc1. The van der Waals surface area contributed by atoms with Crippen molar-refractivity contribution in [1.29, 1.82) is 0 Å². The summed E-state index contributed by atoms with van der Waals surface area (Å²) in [6.07, 6.45) is 3.01. The molecule has 0 saturated carbocycles. The second-order valence-corrected chi connectivity index (χ2v) is 8.84. The molecule has 2 bridgehead atoms. The zero-order chi connectivity index (χ0) is 21.7. The van der Waals surface area contributed by atoms with Crippen molar-refractivity contribution in [3.05, 3.63) is 72.4 Å². The Morgan fingerprint density at radius 2 is 2.00 bits per heavy atom. The third-order valence-electron chi connectivity index (χ3n) is 6.67. The molecule has 7 heteroatoms. The van der Waals surface area contributed by atoms with Gasteiger partial charge in [0.25, 0.3) is 0 Å². The largest absolute Gasteiger partial charge is 0.399 e. The predicted octanol–water partition coefficient (Wildman–Crippen LogP) is 3.73. The Morgan fingerprint density at radius 3 is 2.78 bits per heavy atom. The van der Waals surface area contributed by atoms with Crippen molar-refractivity contribution in [2.24, 2.45) is 0 Å². The van der Waals surface area contributed by atoms with Crippen molar-refractivity contribution in [3.8, 4) is 5.69 Å². The van der Waals surface area contributed by atoms with Crippen LogP contribution in [-0.4, -0.2) is 39.9 Å². The molecule has 4 heterocycles. The Labute approximate surface area is 187 Å². The lowest BCUT2D eigenvalue weighted by molar-refractivity contribution is 0.575. The molecule has 2 aliphatic heterocycles. The lowest BCUT2D eigenvalue weighted by Gasteiger charge is -2.27. The van der Waals surface area contributed by atoms with E-state index in [4.69, 9.17) is 10.8 Å². The van der Waals surface area contributed by atoms with Gasteiger partial charge in [0.1, 0.15) is 5.82 Å². The molecule has 2 fully saturated rings. The first-order valence-corrected chi connectivity index (χ1v) is 11.2. The Hall–Kier alpha value is -3.58. The van der Waals surface area contributed by atoms with Gasteiger partial charge in [0.05, 0.1) is 11.2 Å². The van der Waals surface area contributed by atoms with Gasteiger partial charge in [-0.3, -0.25) is 0 Å². The Balaban J connectivity index is 1.38. The minimum Gasteiger partial charge on any atom is -0.399 e. The fourth-order valence-electron chi connectivity index (χ4n) is 5.02. The van der Waals surface area contributed by atoms with Gasteiger partial charge >= 0.3 is 0 Å². The molecule has 4 aromatic rings. The smallest absolute Gasteiger partial charge is 0.159 e. The number of hydrogen-bond donors (Lipinski definition) is 3. The van der Waals surface area contributed by atoms with Gasteiger partial charge in [-0.2, -0.15) is 0 Å². The first kappa shape index (κ1) is 19.1. The predicted molar refractivity (Wildman–Crippen MR) is 129 cm³/mol. The standard InChI is InChI=1S/C25H27N7/c1-16(17-5-3-2-4-6-17)29-24-13-20(9-10-27-24)32-23-11-18(26)7-8-22(23)25(30-32)31-15-19-12-21(31)14-28-19/h2-11,13,16,19,21,28H,12,14-15,26H2,1H3,(H,27,29)/t16-,19-,21-/m0/s1. The number of nitrogen functional groups attached to an aromatic ring is 1. The molecule has 7 nitrogen and oxygen atoms in total. The zero-order valence-corrected chi connectivity index (χ0v) is 18.1. The number of benzene rings is 2. The summed E-state index contributed by atoms with van der Waals surface area (Å²) in [5, 5.41) is 13.3. The molecule has 4 N–H and O–H groups in total. The van der Waals surface area contributed by atoms with Gasteiger partial charge in [-0.05, 0) is 43.2 Å². The number of fused-ring (bicyclic) bond motifs is 3. The molecule has 0 aliphatic carbocycles. The van der Waals surface area contributed by atoms with Gasteiger partial charge in [-0.25, -0.2) is 9.67 Å². The molecule has 0 unspecified atom stereocenters. The maximum atomic E-state index is 6.16. The van der Waals surface area contributed by atoms with E-state index in [1.807, 2.05) is 35.1 Å². The Kier molecular flexibility index (Phi) is 4.50. The quantitative estimate of drug-likeness (QED) is 0.423. The van der Waals surface area contributed by atoms with Crippen molar-refractivity contribution in [2.75, 3.05) is 29.0 Å². The molecule has 2 aromatic heterocycles. The summed E-state index contributed by atoms with van der Waals surface area (Å²) in [6.45, 7) is 4.16. The highest BCUT2D eigenvalue weighted by molar-refractivity contribution is 5.94. The number of nitrogens with zero attached hydrogens (tertiary/aromatic N) is 4. The summed E-state index contributed by atoms with van der Waals surface area (Å²) < 4.78 is 2.00. The van der Waals surface area contributed by atoms with Gasteiger partial charge < -0.3 is 21.3 Å². The van der Waals surface area contributed by atoms with E-state index >= 15 is 0 Å². The van der Waals surface area contributed by atoms with E-state index in [9.17, 15) is 0 Å². The molecule has 2 aliphatic rings. The van der Waals surface area contributed by atoms with Crippen LogP contribution in [0.3, 0.4) is 0 Å². The fraction of sp³-hybridized carbons (Fsp3) is 0.280. The minimum atomic E-state index is 0.146. The van der Waals surface area contributed by atoms with E-state index in [1.165, 1.54) is 12.0 Å². The number of rotatable bonds is 5. The topological polar surface area (TPSA) is 84.0 Å². The summed E-state index contributed by atoms with van der Waals surface area (Å²) in [5.41, 5.74) is 10.1. The van der Waals surface area contributed by atoms with Gasteiger partial charge in [0.15, 0.2) is 5.82 Å². The van der Waals surface area contributed by atoms with Crippen molar-refractivity contribution < 1.29 is 0 Å². The minimum absolute atomic E-state index is 0.146. The van der Waals surface area contributed by atoms with E-state index in [0.29, 0.717) is 12.1 Å². The van der Waals surface area contributed by atoms with Crippen LogP contribution in [0.5, 0.6) is 0 Å². The van der Waals surface area contributed by atoms with E-state index in [0.717, 1.165) is 47.0 Å². The molecule has 32 heavy (non-hydrogen) atoms. The van der Waals surface area contributed by atoms with E-state index in [-0.39, 0.29) is 6.04 Å². The van der Waals surface area contributed by atoms with E-state index in [2.05, 4.69) is 63.8 Å². The molecule has 0 spiro atoms. The van der Waals surface area contributed by atoms with Crippen LogP contribution >= 0.6 is 0 Å². The van der Waals surface area contributed by atoms with Crippen LogP contribution in [0.25, 0.3) is 16.6 Å². The highest BCUT2D eigenvalue weighted by Gasteiger charge is 2.39. The summed E-state index contributed by atoms with van der Waals surface area (Å²) in [7, 11) is 0. The van der Waals surface area contributed by atoms with Gasteiger partial charge in [-0.15, -0.1) is 5.10 Å². The zero-order valence-electron chi connectivity index (χ0n) is 18.1. The average molecular weight is 426 g/mol. The van der Waals surface area contributed by atoms with Crippen LogP contribution in [0.4, 0.5) is 17.3 Å². The van der Waals surface area contributed by atoms with Crippen LogP contribution < -0.4 is 21.3 Å². The number of nitrogens with two attached hydrogens (primary N) is 1. The summed E-state index contributed by atoms with van der Waals surface area (Å²) in [6, 6.07) is 21.7. The van der Waals surface area contributed by atoms with Crippen LogP contribution in [-0.2, 0) is 0 Å². The van der Waals surface area contributed by atoms with Gasteiger partial charge in [0, 0.05) is 54.6 Å². The average Bonchev–Trinajstić information content (AvgIpc) is 3.54. The fourth-order valence-corrected chi connectivity index (χ4v) is 5.02. The highest BCUT2D eigenvalue weighted by atomic mass is 15.4. The molecule has 2 saturated heterocycles. The van der Waals surface area contributed by atoms with Crippen LogP contribution in [0, 0.1) is 0 Å². The number of nitrogens with one attached hydrogen (secondary N) is 2. The normalized spacial score (nSPS) is 20.7. The third kappa shape index (κ3) is 3.26. The first-order chi connectivity index (χ1) is 15.7. The van der Waals surface area contributed by atoms with Crippen LogP contribution in [0.2, 0.25) is 0 Å². The van der Waals surface area contributed by atoms with E-state index < -0.39 is 0 Å². The molecule has 3 atom stereocenters. The molecule has 2 aromatic carbocycles. The maximum absolute atomic E-state index is 6.16. The lowest BCUT2D eigenvalue weighted by Crippen LogP contribution is -2.43. The van der Waals surface area contributed by atoms with Crippen LogP contribution in [0.1, 0.15) is 24.9 Å². The summed E-state index contributed by atoms with van der Waals surface area (Å²) >= 11 is 0. The van der Waals surface area contributed by atoms with Crippen molar-refractivity contribution in [1.82, 2.24) is 20.1 Å².